The van der Waals surface area contributed by atoms with Crippen LogP contribution >= 0.6 is 0 Å². The van der Waals surface area contributed by atoms with E-state index in [0.29, 0.717) is 0 Å². The summed E-state index contributed by atoms with van der Waals surface area (Å²) in [6.07, 6.45) is 2.88. The zero-order chi connectivity index (χ0) is 26.2. The normalized spacial score (nSPS) is 13.2. The highest BCUT2D eigenvalue weighted by atomic mass is 15.2. The van der Waals surface area contributed by atoms with Crippen molar-refractivity contribution in [1.29, 1.82) is 0 Å². The molecule has 6 aromatic carbocycles. The van der Waals surface area contributed by atoms with Crippen molar-refractivity contribution in [3.63, 3.8) is 0 Å². The molecule has 188 valence electrons. The number of benzene rings is 6. The largest absolute Gasteiger partial charge is 0.310 e. The van der Waals surface area contributed by atoms with Gasteiger partial charge in [-0.25, -0.2) is 0 Å². The molecule has 0 spiro atoms. The van der Waals surface area contributed by atoms with Crippen LogP contribution in [-0.2, 0) is 19.3 Å². The zero-order valence-electron chi connectivity index (χ0n) is 22.2. The number of nitrogens with zero attached hydrogens (tertiary/aromatic N) is 1. The van der Waals surface area contributed by atoms with Crippen LogP contribution < -0.4 is 4.90 Å². The van der Waals surface area contributed by atoms with E-state index < -0.39 is 0 Å². The molecule has 0 saturated heterocycles. The van der Waals surface area contributed by atoms with Gasteiger partial charge in [0.2, 0.25) is 0 Å². The molecule has 0 bridgehead atoms. The fraction of sp³-hybridized carbons (Fsp3) is 0.0769. The molecule has 0 radical (unpaired) electrons. The van der Waals surface area contributed by atoms with Crippen molar-refractivity contribution in [1.82, 2.24) is 0 Å². The van der Waals surface area contributed by atoms with Crippen LogP contribution in [0.3, 0.4) is 0 Å². The van der Waals surface area contributed by atoms with Gasteiger partial charge in [0.1, 0.15) is 0 Å². The van der Waals surface area contributed by atoms with E-state index in [1.54, 1.807) is 0 Å². The molecule has 3 aliphatic carbocycles. The van der Waals surface area contributed by atoms with E-state index in [1.807, 2.05) is 0 Å². The fourth-order valence-corrected chi connectivity index (χ4v) is 7.44. The number of fused-ring (bicyclic) bond motifs is 9. The van der Waals surface area contributed by atoms with Crippen molar-refractivity contribution < 1.29 is 0 Å². The molecule has 0 aliphatic heterocycles. The fourth-order valence-electron chi connectivity index (χ4n) is 7.44. The van der Waals surface area contributed by atoms with Gasteiger partial charge in [-0.2, -0.15) is 0 Å². The van der Waals surface area contributed by atoms with Crippen molar-refractivity contribution in [2.75, 3.05) is 4.90 Å². The maximum Gasteiger partial charge on any atom is 0.0503 e. The van der Waals surface area contributed by atoms with Gasteiger partial charge >= 0.3 is 0 Å². The van der Waals surface area contributed by atoms with Gasteiger partial charge in [-0.05, 0) is 85.0 Å². The van der Waals surface area contributed by atoms with Crippen LogP contribution in [0.25, 0.3) is 33.4 Å². The van der Waals surface area contributed by atoms with Gasteiger partial charge in [-0.15, -0.1) is 0 Å². The smallest absolute Gasteiger partial charge is 0.0503 e. The van der Waals surface area contributed by atoms with E-state index in [-0.39, 0.29) is 0 Å². The molecule has 0 fully saturated rings. The Labute approximate surface area is 235 Å². The topological polar surface area (TPSA) is 3.24 Å². The van der Waals surface area contributed by atoms with Crippen LogP contribution in [-0.4, -0.2) is 0 Å². The van der Waals surface area contributed by atoms with Crippen LogP contribution in [0.1, 0.15) is 33.4 Å². The average Bonchev–Trinajstić information content (AvgIpc) is 3.70. The molecule has 6 aromatic rings. The Morgan fingerprint density at radius 1 is 0.300 bits per heavy atom. The van der Waals surface area contributed by atoms with E-state index >= 15 is 0 Å². The van der Waals surface area contributed by atoms with E-state index in [9.17, 15) is 0 Å². The minimum atomic E-state index is 0.961. The zero-order valence-corrected chi connectivity index (χ0v) is 22.2. The molecule has 0 heterocycles. The van der Waals surface area contributed by atoms with Crippen molar-refractivity contribution in [3.8, 4) is 33.4 Å². The molecule has 3 aliphatic rings. The highest BCUT2D eigenvalue weighted by Crippen LogP contribution is 2.52. The summed E-state index contributed by atoms with van der Waals surface area (Å²) >= 11 is 0. The molecular weight excluding hydrogens is 482 g/mol. The first kappa shape index (κ1) is 22.0. The molecule has 0 atom stereocenters. The van der Waals surface area contributed by atoms with Crippen molar-refractivity contribution in [3.05, 3.63) is 161 Å². The first-order valence-electron chi connectivity index (χ1n) is 14.3. The summed E-state index contributed by atoms with van der Waals surface area (Å²) in [5, 5.41) is 0. The van der Waals surface area contributed by atoms with Crippen LogP contribution in [0.4, 0.5) is 17.1 Å². The average molecular weight is 510 g/mol. The Kier molecular flexibility index (Phi) is 4.57. The van der Waals surface area contributed by atoms with E-state index in [4.69, 9.17) is 0 Å². The third-order valence-electron chi connectivity index (χ3n) is 9.20. The predicted molar refractivity (Wildman–Crippen MR) is 166 cm³/mol. The maximum absolute atomic E-state index is 2.60. The Balaban J connectivity index is 1.31. The summed E-state index contributed by atoms with van der Waals surface area (Å²) in [4.78, 5) is 2.60. The predicted octanol–water partition coefficient (Wildman–Crippen LogP) is 9.87. The van der Waals surface area contributed by atoms with Crippen LogP contribution in [0, 0.1) is 0 Å². The summed E-state index contributed by atoms with van der Waals surface area (Å²) < 4.78 is 0. The molecule has 0 amide bonds. The molecule has 0 N–H and O–H groups in total. The Bertz CT molecular complexity index is 1760. The summed E-state index contributed by atoms with van der Waals surface area (Å²) in [5.41, 5.74) is 20.6. The monoisotopic (exact) mass is 509 g/mol. The SMILES string of the molecule is c1ccc2c(c1)Cc1c-2cccc1N(c1cccc2c1Cc1ccccc1-2)c1cccc2c1Cc1ccccc1-2. The van der Waals surface area contributed by atoms with Gasteiger partial charge in [0.25, 0.3) is 0 Å². The van der Waals surface area contributed by atoms with E-state index in [0.717, 1.165) is 19.3 Å². The lowest BCUT2D eigenvalue weighted by atomic mass is 9.98. The van der Waals surface area contributed by atoms with Gasteiger partial charge in [0.15, 0.2) is 0 Å². The second-order valence-electron chi connectivity index (χ2n) is 11.2. The molecule has 0 aromatic heterocycles. The summed E-state index contributed by atoms with van der Waals surface area (Å²) in [5.74, 6) is 0. The Morgan fingerprint density at radius 3 is 0.950 bits per heavy atom. The quantitative estimate of drug-likeness (QED) is 0.229. The van der Waals surface area contributed by atoms with Gasteiger partial charge in [-0.1, -0.05) is 109 Å². The lowest BCUT2D eigenvalue weighted by molar-refractivity contribution is 1.14. The first-order chi connectivity index (χ1) is 19.8. The minimum absolute atomic E-state index is 0.961. The third kappa shape index (κ3) is 3.03. The van der Waals surface area contributed by atoms with Gasteiger partial charge < -0.3 is 4.90 Å². The van der Waals surface area contributed by atoms with Crippen molar-refractivity contribution in [2.24, 2.45) is 0 Å². The number of hydrogen-bond donors (Lipinski definition) is 0. The Hall–Kier alpha value is -4.88. The summed E-state index contributed by atoms with van der Waals surface area (Å²) in [6, 6.07) is 47.4. The van der Waals surface area contributed by atoms with Crippen LogP contribution in [0.15, 0.2) is 127 Å². The molecule has 0 saturated carbocycles. The minimum Gasteiger partial charge on any atom is -0.310 e. The Morgan fingerprint density at radius 2 is 0.600 bits per heavy atom. The van der Waals surface area contributed by atoms with Gasteiger partial charge in [0.05, 0.1) is 17.1 Å². The highest BCUT2D eigenvalue weighted by molar-refractivity contribution is 5.94. The summed E-state index contributed by atoms with van der Waals surface area (Å²) in [6.45, 7) is 0. The van der Waals surface area contributed by atoms with Gasteiger partial charge in [0, 0.05) is 19.3 Å². The molecule has 40 heavy (non-hydrogen) atoms. The number of anilines is 3. The highest BCUT2D eigenvalue weighted by Gasteiger charge is 2.31. The van der Waals surface area contributed by atoms with Crippen molar-refractivity contribution in [2.45, 2.75) is 19.3 Å². The lowest BCUT2D eigenvalue weighted by Crippen LogP contribution is -2.15. The second kappa shape index (κ2) is 8.31. The molecule has 9 rings (SSSR count). The van der Waals surface area contributed by atoms with E-state index in [2.05, 4.69) is 132 Å². The van der Waals surface area contributed by atoms with Crippen molar-refractivity contribution >= 4 is 17.1 Å². The lowest BCUT2D eigenvalue weighted by Gasteiger charge is -2.31. The third-order valence-corrected chi connectivity index (χ3v) is 9.20. The number of rotatable bonds is 3. The molecule has 0 unspecified atom stereocenters. The standard InChI is InChI=1S/C39H27N/c1-4-13-28-25(10-1)22-34-31(28)16-7-19-37(34)40(38-20-8-17-32-29-14-5-2-11-26(29)23-35(32)38)39-21-9-18-33-30-15-6-3-12-27(30)24-36(33)39/h1-21H,22-24H2. The molecule has 1 heteroatoms. The van der Waals surface area contributed by atoms with Crippen LogP contribution in [0.5, 0.6) is 0 Å². The summed E-state index contributed by atoms with van der Waals surface area (Å²) in [7, 11) is 0. The molecular formula is C39H27N. The first-order valence-corrected chi connectivity index (χ1v) is 14.3. The molecule has 1 nitrogen and oxygen atoms in total. The van der Waals surface area contributed by atoms with E-state index in [1.165, 1.54) is 83.8 Å². The van der Waals surface area contributed by atoms with Gasteiger partial charge in [-0.3, -0.25) is 0 Å². The maximum atomic E-state index is 2.60. The second-order valence-corrected chi connectivity index (χ2v) is 11.2. The number of hydrogen-bond acceptors (Lipinski definition) is 1. The van der Waals surface area contributed by atoms with Crippen LogP contribution in [0.2, 0.25) is 0 Å².